The number of anilines is 1. The number of hydrogen-bond acceptors (Lipinski definition) is 4. The minimum atomic E-state index is -0.187. The summed E-state index contributed by atoms with van der Waals surface area (Å²) in [6.07, 6.45) is 0.609. The molecule has 1 heterocycles. The van der Waals surface area contributed by atoms with Crippen LogP contribution < -0.4 is 5.32 Å². The lowest BCUT2D eigenvalue weighted by atomic mass is 10.1. The second-order valence-electron chi connectivity index (χ2n) is 5.23. The first-order chi connectivity index (χ1) is 11.2. The van der Waals surface area contributed by atoms with E-state index >= 15 is 0 Å². The van der Waals surface area contributed by atoms with Crippen LogP contribution in [-0.4, -0.2) is 32.6 Å². The van der Waals surface area contributed by atoms with Crippen molar-refractivity contribution in [3.63, 3.8) is 0 Å². The normalized spacial score (nSPS) is 10.9. The minimum absolute atomic E-state index is 0.115. The molecule has 2 aromatic carbocycles. The molecule has 0 radical (unpaired) electrons. The maximum absolute atomic E-state index is 12.3. The van der Waals surface area contributed by atoms with Gasteiger partial charge in [0, 0.05) is 24.4 Å². The van der Waals surface area contributed by atoms with Crippen LogP contribution in [0.4, 0.5) is 5.69 Å². The fourth-order valence-electron chi connectivity index (χ4n) is 2.43. The molecule has 0 unspecified atom stereocenters. The van der Waals surface area contributed by atoms with Crippen LogP contribution in [0.25, 0.3) is 11.0 Å². The van der Waals surface area contributed by atoms with Gasteiger partial charge < -0.3 is 10.4 Å². The van der Waals surface area contributed by atoms with Crippen LogP contribution in [0.2, 0.25) is 0 Å². The second kappa shape index (κ2) is 6.58. The van der Waals surface area contributed by atoms with E-state index in [1.54, 1.807) is 16.8 Å². The monoisotopic (exact) mass is 310 g/mol. The van der Waals surface area contributed by atoms with Crippen LogP contribution in [0.5, 0.6) is 0 Å². The Bertz CT molecular complexity index is 824. The van der Waals surface area contributed by atoms with E-state index in [1.807, 2.05) is 37.3 Å². The lowest BCUT2D eigenvalue weighted by molar-refractivity contribution is 0.102. The molecule has 1 aromatic heterocycles. The van der Waals surface area contributed by atoms with Crippen molar-refractivity contribution in [1.82, 2.24) is 15.0 Å². The van der Waals surface area contributed by atoms with Gasteiger partial charge in [-0.15, -0.1) is 5.10 Å². The fraction of sp³-hybridized carbons (Fsp3) is 0.235. The molecule has 6 nitrogen and oxygen atoms in total. The summed E-state index contributed by atoms with van der Waals surface area (Å²) in [6, 6.07) is 12.8. The van der Waals surface area contributed by atoms with Crippen LogP contribution in [0, 0.1) is 0 Å². The van der Waals surface area contributed by atoms with E-state index in [0.29, 0.717) is 23.2 Å². The van der Waals surface area contributed by atoms with Crippen molar-refractivity contribution in [2.75, 3.05) is 11.9 Å². The molecule has 0 aliphatic rings. The number of nitrogens with one attached hydrogen (secondary N) is 1. The zero-order valence-electron chi connectivity index (χ0n) is 12.9. The summed E-state index contributed by atoms with van der Waals surface area (Å²) >= 11 is 0. The lowest BCUT2D eigenvalue weighted by Gasteiger charge is -2.06. The van der Waals surface area contributed by atoms with Crippen molar-refractivity contribution in [2.45, 2.75) is 19.9 Å². The maximum atomic E-state index is 12.3. The molecule has 2 N–H and O–H groups in total. The fourth-order valence-corrected chi connectivity index (χ4v) is 2.43. The number of benzene rings is 2. The molecule has 0 saturated heterocycles. The van der Waals surface area contributed by atoms with E-state index in [-0.39, 0.29) is 12.5 Å². The highest BCUT2D eigenvalue weighted by Gasteiger charge is 2.10. The van der Waals surface area contributed by atoms with Gasteiger partial charge in [-0.1, -0.05) is 17.3 Å². The van der Waals surface area contributed by atoms with Crippen LogP contribution >= 0.6 is 0 Å². The molecular formula is C17H18N4O2. The third-order valence-corrected chi connectivity index (χ3v) is 3.69. The Kier molecular flexibility index (Phi) is 4.34. The van der Waals surface area contributed by atoms with Gasteiger partial charge in [0.25, 0.3) is 5.91 Å². The van der Waals surface area contributed by atoms with E-state index < -0.39 is 0 Å². The average Bonchev–Trinajstić information content (AvgIpc) is 2.99. The topological polar surface area (TPSA) is 80.0 Å². The summed E-state index contributed by atoms with van der Waals surface area (Å²) in [6.45, 7) is 2.85. The lowest BCUT2D eigenvalue weighted by Crippen LogP contribution is -2.11. The quantitative estimate of drug-likeness (QED) is 0.757. The first-order valence-electron chi connectivity index (χ1n) is 7.55. The molecule has 0 bridgehead atoms. The summed E-state index contributed by atoms with van der Waals surface area (Å²) in [4.78, 5) is 12.3. The third-order valence-electron chi connectivity index (χ3n) is 3.69. The van der Waals surface area contributed by atoms with Gasteiger partial charge in [-0.25, -0.2) is 4.68 Å². The molecule has 118 valence electrons. The number of aromatic nitrogens is 3. The van der Waals surface area contributed by atoms with Crippen molar-refractivity contribution >= 4 is 22.6 Å². The molecule has 23 heavy (non-hydrogen) atoms. The van der Waals surface area contributed by atoms with Crippen LogP contribution in [0.15, 0.2) is 42.5 Å². The standard InChI is InChI=1S/C17H18N4O2/c1-2-21-16-8-5-13(11-15(16)19-20-21)17(23)18-14-6-3-12(4-7-14)9-10-22/h3-8,11,22H,2,9-10H2,1H3,(H,18,23). The highest BCUT2D eigenvalue weighted by Crippen LogP contribution is 2.16. The Morgan fingerprint density at radius 1 is 1.22 bits per heavy atom. The highest BCUT2D eigenvalue weighted by atomic mass is 16.3. The van der Waals surface area contributed by atoms with Gasteiger partial charge in [-0.05, 0) is 49.2 Å². The molecular weight excluding hydrogens is 292 g/mol. The number of carbonyl (C=O) groups is 1. The minimum Gasteiger partial charge on any atom is -0.396 e. The molecule has 0 fully saturated rings. The first-order valence-corrected chi connectivity index (χ1v) is 7.55. The number of amides is 1. The number of hydrogen-bond donors (Lipinski definition) is 2. The van der Waals surface area contributed by atoms with Gasteiger partial charge in [0.05, 0.1) is 5.52 Å². The van der Waals surface area contributed by atoms with Gasteiger partial charge in [0.1, 0.15) is 5.52 Å². The predicted molar refractivity (Wildman–Crippen MR) is 88.4 cm³/mol. The van der Waals surface area contributed by atoms with E-state index in [0.717, 1.165) is 17.6 Å². The zero-order chi connectivity index (χ0) is 16.2. The summed E-state index contributed by atoms with van der Waals surface area (Å²) in [5, 5.41) is 19.9. The number of nitrogens with zero attached hydrogens (tertiary/aromatic N) is 3. The molecule has 3 aromatic rings. The summed E-state index contributed by atoms with van der Waals surface area (Å²) < 4.78 is 1.79. The van der Waals surface area contributed by atoms with E-state index in [1.165, 1.54) is 0 Å². The molecule has 0 saturated carbocycles. The van der Waals surface area contributed by atoms with Crippen molar-refractivity contribution in [1.29, 1.82) is 0 Å². The molecule has 0 spiro atoms. The number of aliphatic hydroxyl groups is 1. The SMILES string of the molecule is CCn1nnc2cc(C(=O)Nc3ccc(CCO)cc3)ccc21. The molecule has 0 aliphatic heterocycles. The van der Waals surface area contributed by atoms with Crippen LogP contribution in [0.3, 0.4) is 0 Å². The number of aryl methyl sites for hydroxylation is 1. The van der Waals surface area contributed by atoms with Gasteiger partial charge in [-0.3, -0.25) is 4.79 Å². The van der Waals surface area contributed by atoms with Crippen LogP contribution in [0.1, 0.15) is 22.8 Å². The van der Waals surface area contributed by atoms with Crippen molar-refractivity contribution in [3.8, 4) is 0 Å². The summed E-state index contributed by atoms with van der Waals surface area (Å²) in [7, 11) is 0. The van der Waals surface area contributed by atoms with Gasteiger partial charge >= 0.3 is 0 Å². The largest absolute Gasteiger partial charge is 0.396 e. The Hall–Kier alpha value is -2.73. The van der Waals surface area contributed by atoms with Gasteiger partial charge in [-0.2, -0.15) is 0 Å². The Labute approximate surface area is 133 Å². The third kappa shape index (κ3) is 3.22. The summed E-state index contributed by atoms with van der Waals surface area (Å²) in [5.74, 6) is -0.187. The van der Waals surface area contributed by atoms with Gasteiger partial charge in [0.2, 0.25) is 0 Å². The highest BCUT2D eigenvalue weighted by molar-refractivity contribution is 6.05. The summed E-state index contributed by atoms with van der Waals surface area (Å²) in [5.41, 5.74) is 3.91. The second-order valence-corrected chi connectivity index (χ2v) is 5.23. The van der Waals surface area contributed by atoms with Crippen molar-refractivity contribution in [3.05, 3.63) is 53.6 Å². The molecule has 6 heteroatoms. The zero-order valence-corrected chi connectivity index (χ0v) is 12.9. The number of rotatable bonds is 5. The maximum Gasteiger partial charge on any atom is 0.255 e. The number of fused-ring (bicyclic) bond motifs is 1. The first kappa shape index (κ1) is 15.2. The van der Waals surface area contributed by atoms with E-state index in [2.05, 4.69) is 15.6 Å². The average molecular weight is 310 g/mol. The number of carbonyl (C=O) groups excluding carboxylic acids is 1. The molecule has 0 aliphatic carbocycles. The molecule has 3 rings (SSSR count). The van der Waals surface area contributed by atoms with E-state index in [4.69, 9.17) is 5.11 Å². The van der Waals surface area contributed by atoms with Crippen LogP contribution in [-0.2, 0) is 13.0 Å². The van der Waals surface area contributed by atoms with Crippen molar-refractivity contribution in [2.24, 2.45) is 0 Å². The smallest absolute Gasteiger partial charge is 0.255 e. The predicted octanol–water partition coefficient (Wildman–Crippen LogP) is 2.24. The molecule has 1 amide bonds. The molecule has 0 atom stereocenters. The van der Waals surface area contributed by atoms with Gasteiger partial charge in [0.15, 0.2) is 0 Å². The van der Waals surface area contributed by atoms with E-state index in [9.17, 15) is 4.79 Å². The Balaban J connectivity index is 1.77. The Morgan fingerprint density at radius 2 is 2.00 bits per heavy atom. The van der Waals surface area contributed by atoms with Crippen molar-refractivity contribution < 1.29 is 9.90 Å². The number of aliphatic hydroxyl groups excluding tert-OH is 1. The Morgan fingerprint density at radius 3 is 2.70 bits per heavy atom.